The van der Waals surface area contributed by atoms with E-state index in [0.29, 0.717) is 18.0 Å². The predicted molar refractivity (Wildman–Crippen MR) is 79.1 cm³/mol. The summed E-state index contributed by atoms with van der Waals surface area (Å²) in [6, 6.07) is 13.7. The van der Waals surface area contributed by atoms with Crippen molar-refractivity contribution in [1.29, 1.82) is 0 Å². The van der Waals surface area contributed by atoms with Crippen LogP contribution >= 0.6 is 0 Å². The Kier molecular flexibility index (Phi) is 4.17. The van der Waals surface area contributed by atoms with E-state index >= 15 is 0 Å². The van der Waals surface area contributed by atoms with Crippen molar-refractivity contribution in [2.75, 3.05) is 6.54 Å². The molecule has 2 aromatic carbocycles. The summed E-state index contributed by atoms with van der Waals surface area (Å²) in [5.41, 5.74) is 6.59. The van der Waals surface area contributed by atoms with Gasteiger partial charge in [0.25, 0.3) is 5.91 Å². The zero-order valence-corrected chi connectivity index (χ0v) is 11.4. The third kappa shape index (κ3) is 3.32. The van der Waals surface area contributed by atoms with Crippen molar-refractivity contribution >= 4 is 16.7 Å². The highest BCUT2D eigenvalue weighted by Crippen LogP contribution is 2.15. The lowest BCUT2D eigenvalue weighted by Gasteiger charge is -2.16. The average molecular weight is 256 g/mol. The Balaban J connectivity index is 2.09. The summed E-state index contributed by atoms with van der Waals surface area (Å²) in [5.74, 6) is 0.291. The van der Waals surface area contributed by atoms with Crippen molar-refractivity contribution in [2.45, 2.75) is 19.9 Å². The molecule has 0 aliphatic heterocycles. The number of hydrogen-bond acceptors (Lipinski definition) is 2. The summed E-state index contributed by atoms with van der Waals surface area (Å²) >= 11 is 0. The molecule has 3 heteroatoms. The Hall–Kier alpha value is -1.87. The van der Waals surface area contributed by atoms with Crippen molar-refractivity contribution in [1.82, 2.24) is 5.32 Å². The average Bonchev–Trinajstić information content (AvgIpc) is 2.43. The van der Waals surface area contributed by atoms with E-state index in [1.807, 2.05) is 56.3 Å². The van der Waals surface area contributed by atoms with Gasteiger partial charge in [-0.1, -0.05) is 44.2 Å². The lowest BCUT2D eigenvalue weighted by molar-refractivity contribution is 0.0949. The molecule has 1 atom stereocenters. The molecule has 1 amide bonds. The number of nitrogens with one attached hydrogen (secondary N) is 1. The third-order valence-electron chi connectivity index (χ3n) is 3.37. The van der Waals surface area contributed by atoms with Crippen LogP contribution in [0.1, 0.15) is 24.2 Å². The van der Waals surface area contributed by atoms with Crippen LogP contribution in [0.4, 0.5) is 0 Å². The van der Waals surface area contributed by atoms with Gasteiger partial charge in [-0.25, -0.2) is 0 Å². The maximum absolute atomic E-state index is 12.0. The largest absolute Gasteiger partial charge is 0.350 e. The van der Waals surface area contributed by atoms with Crippen LogP contribution < -0.4 is 11.1 Å². The summed E-state index contributed by atoms with van der Waals surface area (Å²) in [4.78, 5) is 12.0. The predicted octanol–water partition coefficient (Wildman–Crippen LogP) is 2.55. The van der Waals surface area contributed by atoms with Crippen molar-refractivity contribution in [2.24, 2.45) is 11.7 Å². The Morgan fingerprint density at radius 2 is 1.84 bits per heavy atom. The molecule has 3 N–H and O–H groups in total. The molecule has 2 rings (SSSR count). The normalized spacial score (nSPS) is 12.6. The first-order chi connectivity index (χ1) is 9.08. The molecule has 3 nitrogen and oxygen atoms in total. The van der Waals surface area contributed by atoms with Gasteiger partial charge in [0.15, 0.2) is 0 Å². The quantitative estimate of drug-likeness (QED) is 0.883. The topological polar surface area (TPSA) is 55.1 Å². The number of fused-ring (bicyclic) bond motifs is 1. The molecule has 0 radical (unpaired) electrons. The molecule has 0 heterocycles. The lowest BCUT2D eigenvalue weighted by atomic mass is 10.0. The smallest absolute Gasteiger partial charge is 0.251 e. The van der Waals surface area contributed by atoms with Crippen LogP contribution in [0.5, 0.6) is 0 Å². The molecule has 100 valence electrons. The van der Waals surface area contributed by atoms with Crippen molar-refractivity contribution < 1.29 is 4.79 Å². The molecule has 0 saturated carbocycles. The standard InChI is InChI=1S/C16H20N2O/c1-11(2)15(17)10-18-16(19)14-8-7-12-5-3-4-6-13(12)9-14/h3-9,11,15H,10,17H2,1-2H3,(H,18,19). The molecule has 0 fully saturated rings. The van der Waals surface area contributed by atoms with Gasteiger partial charge in [-0.15, -0.1) is 0 Å². The maximum atomic E-state index is 12.0. The zero-order valence-electron chi connectivity index (χ0n) is 11.4. The van der Waals surface area contributed by atoms with E-state index in [0.717, 1.165) is 10.8 Å². The second-order valence-electron chi connectivity index (χ2n) is 5.18. The Bertz CT molecular complexity index is 578. The maximum Gasteiger partial charge on any atom is 0.251 e. The Labute approximate surface area is 113 Å². The molecule has 1 unspecified atom stereocenters. The number of amides is 1. The molecule has 0 bridgehead atoms. The van der Waals surface area contributed by atoms with Crippen LogP contribution in [-0.4, -0.2) is 18.5 Å². The fraction of sp³-hybridized carbons (Fsp3) is 0.312. The van der Waals surface area contributed by atoms with E-state index in [1.54, 1.807) is 0 Å². The van der Waals surface area contributed by atoms with E-state index in [-0.39, 0.29) is 11.9 Å². The van der Waals surface area contributed by atoms with Gasteiger partial charge in [-0.05, 0) is 28.8 Å². The van der Waals surface area contributed by atoms with Gasteiger partial charge >= 0.3 is 0 Å². The van der Waals surface area contributed by atoms with Crippen LogP contribution in [0.25, 0.3) is 10.8 Å². The molecule has 0 aromatic heterocycles. The molecule has 0 saturated heterocycles. The van der Waals surface area contributed by atoms with Crippen LogP contribution in [0, 0.1) is 5.92 Å². The first-order valence-corrected chi connectivity index (χ1v) is 6.60. The minimum Gasteiger partial charge on any atom is -0.350 e. The van der Waals surface area contributed by atoms with Gasteiger partial charge < -0.3 is 11.1 Å². The minimum absolute atomic E-state index is 0.00981. The summed E-state index contributed by atoms with van der Waals surface area (Å²) in [5, 5.41) is 5.09. The second-order valence-corrected chi connectivity index (χ2v) is 5.18. The van der Waals surface area contributed by atoms with Crippen LogP contribution in [0.3, 0.4) is 0 Å². The van der Waals surface area contributed by atoms with Gasteiger partial charge in [0.1, 0.15) is 0 Å². The molecule has 2 aromatic rings. The van der Waals surface area contributed by atoms with Crippen molar-refractivity contribution in [3.8, 4) is 0 Å². The number of carbonyl (C=O) groups excluding carboxylic acids is 1. The summed E-state index contributed by atoms with van der Waals surface area (Å²) in [7, 11) is 0. The number of nitrogens with two attached hydrogens (primary N) is 1. The molecule has 0 aliphatic rings. The van der Waals surface area contributed by atoms with Gasteiger partial charge in [-0.3, -0.25) is 4.79 Å². The Morgan fingerprint density at radius 3 is 2.53 bits per heavy atom. The van der Waals surface area contributed by atoms with Crippen molar-refractivity contribution in [3.05, 3.63) is 48.0 Å². The molecule has 0 aliphatic carbocycles. The van der Waals surface area contributed by atoms with Gasteiger partial charge in [-0.2, -0.15) is 0 Å². The van der Waals surface area contributed by atoms with E-state index in [9.17, 15) is 4.79 Å². The minimum atomic E-state index is -0.0677. The summed E-state index contributed by atoms with van der Waals surface area (Å²) in [6.45, 7) is 4.60. The third-order valence-corrected chi connectivity index (χ3v) is 3.37. The fourth-order valence-corrected chi connectivity index (χ4v) is 1.88. The number of hydrogen-bond donors (Lipinski definition) is 2. The Morgan fingerprint density at radius 1 is 1.16 bits per heavy atom. The fourth-order valence-electron chi connectivity index (χ4n) is 1.88. The zero-order chi connectivity index (χ0) is 13.8. The molecule has 19 heavy (non-hydrogen) atoms. The first kappa shape index (κ1) is 13.6. The summed E-state index contributed by atoms with van der Waals surface area (Å²) in [6.07, 6.45) is 0. The monoisotopic (exact) mass is 256 g/mol. The molecular weight excluding hydrogens is 236 g/mol. The van der Waals surface area contributed by atoms with E-state index in [2.05, 4.69) is 5.32 Å². The van der Waals surface area contributed by atoms with Crippen LogP contribution in [0.15, 0.2) is 42.5 Å². The number of carbonyl (C=O) groups is 1. The van der Waals surface area contributed by atoms with E-state index in [4.69, 9.17) is 5.73 Å². The highest BCUT2D eigenvalue weighted by atomic mass is 16.1. The van der Waals surface area contributed by atoms with Crippen LogP contribution in [0.2, 0.25) is 0 Å². The lowest BCUT2D eigenvalue weighted by Crippen LogP contribution is -2.40. The molecule has 0 spiro atoms. The van der Waals surface area contributed by atoms with Gasteiger partial charge in [0, 0.05) is 18.2 Å². The number of benzene rings is 2. The van der Waals surface area contributed by atoms with Gasteiger partial charge in [0.05, 0.1) is 0 Å². The second kappa shape index (κ2) is 5.85. The first-order valence-electron chi connectivity index (χ1n) is 6.60. The molecular formula is C16H20N2O. The highest BCUT2D eigenvalue weighted by molar-refractivity contribution is 5.98. The highest BCUT2D eigenvalue weighted by Gasteiger charge is 2.11. The van der Waals surface area contributed by atoms with Gasteiger partial charge in [0.2, 0.25) is 0 Å². The van der Waals surface area contributed by atoms with Crippen molar-refractivity contribution in [3.63, 3.8) is 0 Å². The van der Waals surface area contributed by atoms with E-state index in [1.165, 1.54) is 0 Å². The van der Waals surface area contributed by atoms with Crippen LogP contribution in [-0.2, 0) is 0 Å². The van der Waals surface area contributed by atoms with E-state index < -0.39 is 0 Å². The SMILES string of the molecule is CC(C)C(N)CNC(=O)c1ccc2ccccc2c1. The summed E-state index contributed by atoms with van der Waals surface area (Å²) < 4.78 is 0. The number of rotatable bonds is 4.